The van der Waals surface area contributed by atoms with E-state index in [0.717, 1.165) is 6.42 Å². The van der Waals surface area contributed by atoms with Gasteiger partial charge in [-0.15, -0.1) is 0 Å². The molecular weight excluding hydrogens is 442 g/mol. The fraction of sp³-hybridized carbons (Fsp3) is 0.391. The largest absolute Gasteiger partial charge is 0.465 e. The van der Waals surface area contributed by atoms with Crippen LogP contribution in [-0.2, 0) is 14.1 Å². The Morgan fingerprint density at radius 2 is 1.50 bits per heavy atom. The van der Waals surface area contributed by atoms with E-state index in [2.05, 4.69) is 20.8 Å². The Balaban J connectivity index is 0.00000218. The van der Waals surface area contributed by atoms with Crippen LogP contribution < -0.4 is 0 Å². The molecule has 7 heteroatoms. The van der Waals surface area contributed by atoms with Crippen molar-refractivity contribution in [3.8, 4) is 0 Å². The maximum Gasteiger partial charge on any atom is 0.321 e. The predicted molar refractivity (Wildman–Crippen MR) is 125 cm³/mol. The summed E-state index contributed by atoms with van der Waals surface area (Å²) < 4.78 is 13.7. The number of hydrogen-bond donors (Lipinski definition) is 0. The van der Waals surface area contributed by atoms with Crippen LogP contribution in [0, 0.1) is 11.3 Å². The Kier molecular flexibility index (Phi) is 10.7. The molecule has 0 fully saturated rings. The predicted octanol–water partition coefficient (Wildman–Crippen LogP) is 6.78. The van der Waals surface area contributed by atoms with Crippen molar-refractivity contribution in [2.45, 2.75) is 40.0 Å². The first kappa shape index (κ1) is 26.3. The number of halogens is 2. The first-order valence-corrected chi connectivity index (χ1v) is 10.8. The maximum absolute atomic E-state index is 13.2. The van der Waals surface area contributed by atoms with Gasteiger partial charge in [0.2, 0.25) is 0 Å². The van der Waals surface area contributed by atoms with Crippen LogP contribution in [0.5, 0.6) is 0 Å². The number of esters is 1. The lowest BCUT2D eigenvalue weighted by Gasteiger charge is -2.24. The van der Waals surface area contributed by atoms with Crippen LogP contribution in [0.15, 0.2) is 48.5 Å². The van der Waals surface area contributed by atoms with Gasteiger partial charge in [0.1, 0.15) is 5.92 Å². The van der Waals surface area contributed by atoms with Crippen molar-refractivity contribution in [1.82, 2.24) is 0 Å². The molecule has 0 N–H and O–H groups in total. The highest BCUT2D eigenvalue weighted by molar-refractivity contribution is 7.00. The Bertz CT molecular complexity index is 830. The van der Waals surface area contributed by atoms with Crippen LogP contribution in [0.2, 0.25) is 10.0 Å². The van der Waals surface area contributed by atoms with Gasteiger partial charge in [0.25, 0.3) is 0 Å². The third-order valence-corrected chi connectivity index (χ3v) is 4.94. The summed E-state index contributed by atoms with van der Waals surface area (Å²) in [6, 6.07) is 13.7. The maximum atomic E-state index is 13.2. The minimum atomic E-state index is -1.11. The van der Waals surface area contributed by atoms with Gasteiger partial charge in [0.15, 0.2) is 5.78 Å². The van der Waals surface area contributed by atoms with Gasteiger partial charge in [0.05, 0.1) is 22.2 Å². The molecule has 0 aromatic heterocycles. The molecular formula is C23H28Cl2O4P+. The zero-order valence-corrected chi connectivity index (χ0v) is 20.3. The second-order valence-electron chi connectivity index (χ2n) is 8.30. The quantitative estimate of drug-likeness (QED) is 0.194. The fourth-order valence-corrected chi connectivity index (χ4v) is 3.91. The molecule has 3 unspecified atom stereocenters. The molecule has 30 heavy (non-hydrogen) atoms. The molecule has 0 spiro atoms. The van der Waals surface area contributed by atoms with Crippen LogP contribution >= 0.6 is 32.3 Å². The van der Waals surface area contributed by atoms with Gasteiger partial charge in [-0.1, -0.05) is 91.9 Å². The second-order valence-corrected chi connectivity index (χ2v) is 9.12. The SMILES string of the molecule is CC(COC(=O)C(C(=O)c1c(Cl)cccc1Cl)c1ccccc1)CC(C)(C)C.O=[PH2+]. The smallest absolute Gasteiger partial charge is 0.321 e. The summed E-state index contributed by atoms with van der Waals surface area (Å²) in [5, 5.41) is 0.430. The van der Waals surface area contributed by atoms with Crippen molar-refractivity contribution in [3.05, 3.63) is 69.7 Å². The lowest BCUT2D eigenvalue weighted by Crippen LogP contribution is -2.27. The average Bonchev–Trinajstić information content (AvgIpc) is 2.67. The number of ketones is 1. The first-order chi connectivity index (χ1) is 14.1. The van der Waals surface area contributed by atoms with E-state index in [4.69, 9.17) is 32.5 Å². The molecule has 0 saturated heterocycles. The number of benzene rings is 2. The molecule has 0 aliphatic carbocycles. The summed E-state index contributed by atoms with van der Waals surface area (Å²) in [6.45, 7) is 8.70. The summed E-state index contributed by atoms with van der Waals surface area (Å²) in [5.41, 5.74) is 0.822. The number of hydrogen-bond acceptors (Lipinski definition) is 4. The number of carbonyl (C=O) groups is 2. The standard InChI is InChI=1S/C23H26Cl2O3.H2OP/c1-15(13-23(2,3)4)14-28-22(27)19(16-9-6-5-7-10-16)21(26)20-17(24)11-8-12-18(20)25;1-2/h5-12,15,19H,13-14H2,1-4H3;2H2/q;+1. The monoisotopic (exact) mass is 469 g/mol. The van der Waals surface area contributed by atoms with Gasteiger partial charge >= 0.3 is 15.1 Å². The molecule has 0 bridgehead atoms. The Morgan fingerprint density at radius 3 is 2.00 bits per heavy atom. The van der Waals surface area contributed by atoms with E-state index >= 15 is 0 Å². The molecule has 4 nitrogen and oxygen atoms in total. The summed E-state index contributed by atoms with van der Waals surface area (Å²) in [5.74, 6) is -1.98. The van der Waals surface area contributed by atoms with Crippen molar-refractivity contribution < 1.29 is 18.9 Å². The molecule has 0 heterocycles. The summed E-state index contributed by atoms with van der Waals surface area (Å²) in [7, 11) is 1.17. The molecule has 2 aromatic rings. The molecule has 0 radical (unpaired) electrons. The molecule has 0 saturated carbocycles. The van der Waals surface area contributed by atoms with Crippen LogP contribution in [0.4, 0.5) is 0 Å². The molecule has 2 aromatic carbocycles. The molecule has 0 amide bonds. The van der Waals surface area contributed by atoms with Crippen LogP contribution in [0.3, 0.4) is 0 Å². The van der Waals surface area contributed by atoms with Crippen molar-refractivity contribution in [2.75, 3.05) is 6.61 Å². The number of carbonyl (C=O) groups excluding carboxylic acids is 2. The van der Waals surface area contributed by atoms with Gasteiger partial charge in [-0.2, -0.15) is 0 Å². The number of Topliss-reactive ketones (excluding diaryl/α,β-unsaturated/α-hetero) is 1. The van der Waals surface area contributed by atoms with Crippen molar-refractivity contribution in [2.24, 2.45) is 11.3 Å². The van der Waals surface area contributed by atoms with Crippen LogP contribution in [-0.4, -0.2) is 18.4 Å². The number of rotatable bonds is 7. The van der Waals surface area contributed by atoms with Gasteiger partial charge < -0.3 is 4.74 Å². The van der Waals surface area contributed by atoms with Gasteiger partial charge in [0, 0.05) is 0 Å². The van der Waals surface area contributed by atoms with E-state index < -0.39 is 17.7 Å². The average molecular weight is 470 g/mol. The van der Waals surface area contributed by atoms with E-state index in [1.807, 2.05) is 13.0 Å². The number of ether oxygens (including phenoxy) is 1. The van der Waals surface area contributed by atoms with E-state index in [9.17, 15) is 9.59 Å². The van der Waals surface area contributed by atoms with E-state index in [-0.39, 0.29) is 33.5 Å². The zero-order valence-electron chi connectivity index (χ0n) is 17.7. The van der Waals surface area contributed by atoms with Gasteiger partial charge in [-0.3, -0.25) is 9.59 Å². The molecule has 3 atom stereocenters. The lowest BCUT2D eigenvalue weighted by molar-refractivity contribution is -0.145. The Labute approximate surface area is 190 Å². The summed E-state index contributed by atoms with van der Waals surface area (Å²) in [4.78, 5) is 26.2. The van der Waals surface area contributed by atoms with Crippen molar-refractivity contribution >= 4 is 44.1 Å². The molecule has 0 aliphatic rings. The zero-order chi connectivity index (χ0) is 22.9. The van der Waals surface area contributed by atoms with Crippen LogP contribution in [0.1, 0.15) is 56.0 Å². The van der Waals surface area contributed by atoms with E-state index in [1.165, 1.54) is 9.12 Å². The highest BCUT2D eigenvalue weighted by Crippen LogP contribution is 2.32. The normalized spacial score (nSPS) is 12.9. The van der Waals surface area contributed by atoms with E-state index in [0.29, 0.717) is 5.56 Å². The third kappa shape index (κ3) is 7.83. The highest BCUT2D eigenvalue weighted by Gasteiger charge is 2.33. The van der Waals surface area contributed by atoms with Crippen molar-refractivity contribution in [1.29, 1.82) is 0 Å². The molecule has 0 aliphatic heterocycles. The van der Waals surface area contributed by atoms with Crippen LogP contribution in [0.25, 0.3) is 0 Å². The minimum Gasteiger partial charge on any atom is -0.465 e. The highest BCUT2D eigenvalue weighted by atomic mass is 35.5. The summed E-state index contributed by atoms with van der Waals surface area (Å²) >= 11 is 12.4. The minimum absolute atomic E-state index is 0.131. The molecule has 2 rings (SSSR count). The Morgan fingerprint density at radius 1 is 0.967 bits per heavy atom. The molecule has 162 valence electrons. The van der Waals surface area contributed by atoms with Gasteiger partial charge in [-0.05, 0) is 35.4 Å². The first-order valence-electron chi connectivity index (χ1n) is 9.53. The third-order valence-electron chi connectivity index (χ3n) is 4.31. The van der Waals surface area contributed by atoms with Crippen molar-refractivity contribution in [3.63, 3.8) is 0 Å². The van der Waals surface area contributed by atoms with Gasteiger partial charge in [-0.25, -0.2) is 0 Å². The topological polar surface area (TPSA) is 60.4 Å². The fourth-order valence-electron chi connectivity index (χ4n) is 3.33. The lowest BCUT2D eigenvalue weighted by atomic mass is 9.86. The summed E-state index contributed by atoms with van der Waals surface area (Å²) in [6.07, 6.45) is 0.903. The van der Waals surface area contributed by atoms with E-state index in [1.54, 1.807) is 42.5 Å². The second kappa shape index (κ2) is 12.2. The Hall–Kier alpha value is -1.74.